The van der Waals surface area contributed by atoms with Gasteiger partial charge < -0.3 is 5.32 Å². The van der Waals surface area contributed by atoms with Gasteiger partial charge in [0.1, 0.15) is 0 Å². The third kappa shape index (κ3) is 3.56. The number of benzene rings is 1. The Hall–Kier alpha value is -0.960. The van der Waals surface area contributed by atoms with Gasteiger partial charge in [0.15, 0.2) is 0 Å². The summed E-state index contributed by atoms with van der Waals surface area (Å²) in [4.78, 5) is 10.5. The Morgan fingerprint density at radius 2 is 2.00 bits per heavy atom. The predicted molar refractivity (Wildman–Crippen MR) is 72.0 cm³/mol. The third-order valence-corrected chi connectivity index (χ3v) is 3.02. The zero-order valence-corrected chi connectivity index (χ0v) is 11.1. The van der Waals surface area contributed by atoms with Crippen molar-refractivity contribution in [3.8, 4) is 0 Å². The second kappa shape index (κ2) is 5.39. The average molecular weight is 237 g/mol. The van der Waals surface area contributed by atoms with Crippen molar-refractivity contribution in [3.63, 3.8) is 0 Å². The summed E-state index contributed by atoms with van der Waals surface area (Å²) >= 11 is 1.78. The maximum atomic E-state index is 10.5. The molecule has 0 aliphatic heterocycles. The molecule has 0 saturated heterocycles. The lowest BCUT2D eigenvalue weighted by Crippen LogP contribution is -2.12. The minimum absolute atomic E-state index is 0.105. The zero-order chi connectivity index (χ0) is 12.2. The molecule has 1 rings (SSSR count). The smallest absolute Gasteiger partial charge is 0.211 e. The second-order valence-electron chi connectivity index (χ2n) is 4.86. The van der Waals surface area contributed by atoms with E-state index in [1.165, 1.54) is 11.1 Å². The van der Waals surface area contributed by atoms with E-state index in [2.05, 4.69) is 38.4 Å². The molecular weight excluding hydrogens is 218 g/mol. The molecule has 0 atom stereocenters. The Morgan fingerprint density at radius 1 is 1.31 bits per heavy atom. The number of carbonyl (C=O) groups is 1. The highest BCUT2D eigenvalue weighted by molar-refractivity contribution is 7.97. The lowest BCUT2D eigenvalue weighted by Gasteiger charge is -2.21. The molecule has 0 aliphatic carbocycles. The quantitative estimate of drug-likeness (QED) is 0.813. The molecule has 88 valence electrons. The highest BCUT2D eigenvalue weighted by Gasteiger charge is 2.15. The van der Waals surface area contributed by atoms with Crippen LogP contribution in [-0.2, 0) is 16.0 Å². The van der Waals surface area contributed by atoms with Crippen LogP contribution in [-0.4, -0.2) is 12.7 Å². The largest absolute Gasteiger partial charge is 0.329 e. The van der Waals surface area contributed by atoms with Crippen LogP contribution in [0.3, 0.4) is 0 Å². The Bertz CT molecular complexity index is 369. The molecule has 3 heteroatoms. The van der Waals surface area contributed by atoms with Crippen molar-refractivity contribution >= 4 is 23.9 Å². The van der Waals surface area contributed by atoms with Crippen molar-refractivity contribution in [1.29, 1.82) is 0 Å². The van der Waals surface area contributed by atoms with Gasteiger partial charge in [-0.1, -0.05) is 26.8 Å². The van der Waals surface area contributed by atoms with Crippen LogP contribution >= 0.6 is 11.8 Å². The number of rotatable bonds is 4. The van der Waals surface area contributed by atoms with Crippen LogP contribution in [0.4, 0.5) is 5.69 Å². The van der Waals surface area contributed by atoms with E-state index in [1.807, 2.05) is 12.1 Å². The van der Waals surface area contributed by atoms with Gasteiger partial charge in [0, 0.05) is 11.4 Å². The molecule has 0 aromatic heterocycles. The van der Waals surface area contributed by atoms with Crippen molar-refractivity contribution in [2.75, 3.05) is 11.6 Å². The van der Waals surface area contributed by atoms with Crippen molar-refractivity contribution in [2.24, 2.45) is 0 Å². The van der Waals surface area contributed by atoms with Crippen LogP contribution in [0.25, 0.3) is 0 Å². The van der Waals surface area contributed by atoms with Gasteiger partial charge in [-0.25, -0.2) is 0 Å². The fourth-order valence-corrected chi connectivity index (χ4v) is 2.03. The molecule has 0 bridgehead atoms. The van der Waals surface area contributed by atoms with Gasteiger partial charge in [-0.3, -0.25) is 4.79 Å². The Morgan fingerprint density at radius 3 is 2.50 bits per heavy atom. The monoisotopic (exact) mass is 237 g/mol. The number of carbonyl (C=O) groups excluding carboxylic acids is 1. The SMILES string of the molecule is CSCc1cc(NC=O)cc(C(C)(C)C)c1. The van der Waals surface area contributed by atoms with Gasteiger partial charge in [-0.2, -0.15) is 11.8 Å². The van der Waals surface area contributed by atoms with E-state index in [0.717, 1.165) is 17.9 Å². The summed E-state index contributed by atoms with van der Waals surface area (Å²) in [5.41, 5.74) is 3.49. The van der Waals surface area contributed by atoms with E-state index < -0.39 is 0 Å². The Labute approximate surface area is 102 Å². The molecule has 1 aromatic carbocycles. The van der Waals surface area contributed by atoms with Crippen LogP contribution in [0.1, 0.15) is 31.9 Å². The molecular formula is C13H19NOS. The first kappa shape index (κ1) is 13.1. The standard InChI is InChI=1S/C13H19NOS/c1-13(2,3)11-5-10(8-16-4)6-12(7-11)14-9-15/h5-7,9H,8H2,1-4H3,(H,14,15). The number of amides is 1. The Kier molecular flexibility index (Phi) is 4.42. The molecule has 16 heavy (non-hydrogen) atoms. The molecule has 0 radical (unpaired) electrons. The van der Waals surface area contributed by atoms with Crippen LogP contribution in [0.15, 0.2) is 18.2 Å². The summed E-state index contributed by atoms with van der Waals surface area (Å²) in [6, 6.07) is 6.28. The molecule has 1 aromatic rings. The average Bonchev–Trinajstić information content (AvgIpc) is 2.17. The first-order valence-corrected chi connectivity index (χ1v) is 6.70. The van der Waals surface area contributed by atoms with Crippen LogP contribution in [0.5, 0.6) is 0 Å². The number of hydrogen-bond acceptors (Lipinski definition) is 2. The van der Waals surface area contributed by atoms with Crippen molar-refractivity contribution in [2.45, 2.75) is 31.9 Å². The maximum absolute atomic E-state index is 10.5. The minimum atomic E-state index is 0.105. The van der Waals surface area contributed by atoms with E-state index in [4.69, 9.17) is 0 Å². The van der Waals surface area contributed by atoms with Crippen molar-refractivity contribution in [3.05, 3.63) is 29.3 Å². The highest BCUT2D eigenvalue weighted by atomic mass is 32.2. The Balaban J connectivity index is 3.13. The fourth-order valence-electron chi connectivity index (χ4n) is 1.53. The fraction of sp³-hybridized carbons (Fsp3) is 0.462. The van der Waals surface area contributed by atoms with Gasteiger partial charge in [0.25, 0.3) is 0 Å². The minimum Gasteiger partial charge on any atom is -0.329 e. The summed E-state index contributed by atoms with van der Waals surface area (Å²) in [5.74, 6) is 0.970. The molecule has 0 fully saturated rings. The van der Waals surface area contributed by atoms with Gasteiger partial charge in [0.05, 0.1) is 0 Å². The number of anilines is 1. The summed E-state index contributed by atoms with van der Waals surface area (Å²) in [5, 5.41) is 2.73. The second-order valence-corrected chi connectivity index (χ2v) is 5.73. The molecule has 2 nitrogen and oxygen atoms in total. The van der Waals surface area contributed by atoms with E-state index in [0.29, 0.717) is 0 Å². The molecule has 0 heterocycles. The molecule has 0 unspecified atom stereocenters. The van der Waals surface area contributed by atoms with Crippen LogP contribution in [0.2, 0.25) is 0 Å². The number of thioether (sulfide) groups is 1. The summed E-state index contributed by atoms with van der Waals surface area (Å²) in [7, 11) is 0. The van der Waals surface area contributed by atoms with E-state index in [1.54, 1.807) is 11.8 Å². The van der Waals surface area contributed by atoms with Crippen molar-refractivity contribution in [1.82, 2.24) is 0 Å². The van der Waals surface area contributed by atoms with Gasteiger partial charge >= 0.3 is 0 Å². The first-order valence-electron chi connectivity index (χ1n) is 5.31. The van der Waals surface area contributed by atoms with Crippen LogP contribution in [0, 0.1) is 0 Å². The van der Waals surface area contributed by atoms with Crippen LogP contribution < -0.4 is 5.32 Å². The van der Waals surface area contributed by atoms with E-state index in [-0.39, 0.29) is 5.41 Å². The maximum Gasteiger partial charge on any atom is 0.211 e. The lowest BCUT2D eigenvalue weighted by molar-refractivity contribution is -0.105. The molecule has 1 amide bonds. The third-order valence-electron chi connectivity index (χ3n) is 2.40. The zero-order valence-electron chi connectivity index (χ0n) is 10.3. The topological polar surface area (TPSA) is 29.1 Å². The van der Waals surface area contributed by atoms with Gasteiger partial charge in [-0.05, 0) is 34.9 Å². The van der Waals surface area contributed by atoms with Gasteiger partial charge in [0.2, 0.25) is 6.41 Å². The normalized spacial score (nSPS) is 11.2. The summed E-state index contributed by atoms with van der Waals surface area (Å²) < 4.78 is 0. The lowest BCUT2D eigenvalue weighted by atomic mass is 9.86. The first-order chi connectivity index (χ1) is 7.47. The molecule has 0 spiro atoms. The number of nitrogens with one attached hydrogen (secondary N) is 1. The summed E-state index contributed by atoms with van der Waals surface area (Å²) in [6.45, 7) is 6.53. The molecule has 0 saturated carbocycles. The van der Waals surface area contributed by atoms with Crippen molar-refractivity contribution < 1.29 is 4.79 Å². The molecule has 0 aliphatic rings. The van der Waals surface area contributed by atoms with E-state index >= 15 is 0 Å². The highest BCUT2D eigenvalue weighted by Crippen LogP contribution is 2.27. The summed E-state index contributed by atoms with van der Waals surface area (Å²) in [6.07, 6.45) is 2.81. The molecule has 1 N–H and O–H groups in total. The predicted octanol–water partition coefficient (Wildman–Crippen LogP) is 3.42. The number of hydrogen-bond donors (Lipinski definition) is 1. The van der Waals surface area contributed by atoms with Gasteiger partial charge in [-0.15, -0.1) is 0 Å². The van der Waals surface area contributed by atoms with E-state index in [9.17, 15) is 4.79 Å².